The zero-order valence-corrected chi connectivity index (χ0v) is 10.3. The molecule has 6 nitrogen and oxygen atoms in total. The number of hydrogen-bond acceptors (Lipinski definition) is 3. The number of benzene rings is 1. The minimum Gasteiger partial charge on any atom is -0.481 e. The molecule has 0 spiro atoms. The van der Waals surface area contributed by atoms with Crippen molar-refractivity contribution in [2.24, 2.45) is 11.8 Å². The molecule has 1 aromatic carbocycles. The van der Waals surface area contributed by atoms with Crippen molar-refractivity contribution in [1.82, 2.24) is 5.32 Å². The summed E-state index contributed by atoms with van der Waals surface area (Å²) in [6, 6.07) is 6.41. The van der Waals surface area contributed by atoms with Gasteiger partial charge in [0.2, 0.25) is 5.91 Å². The van der Waals surface area contributed by atoms with Gasteiger partial charge < -0.3 is 15.7 Å². The van der Waals surface area contributed by atoms with Crippen LogP contribution in [0.5, 0.6) is 0 Å². The summed E-state index contributed by atoms with van der Waals surface area (Å²) < 4.78 is 0. The van der Waals surface area contributed by atoms with Crippen LogP contribution >= 0.6 is 0 Å². The topological polar surface area (TPSA) is 95.5 Å². The smallest absolute Gasteiger partial charge is 0.307 e. The van der Waals surface area contributed by atoms with E-state index in [4.69, 9.17) is 5.11 Å². The van der Waals surface area contributed by atoms with Crippen molar-refractivity contribution in [2.75, 3.05) is 12.4 Å². The number of carbonyl (C=O) groups is 3. The third kappa shape index (κ3) is 2.90. The first-order valence-electron chi connectivity index (χ1n) is 5.88. The molecule has 6 heteroatoms. The highest BCUT2D eigenvalue weighted by Gasteiger charge is 2.48. The predicted molar refractivity (Wildman–Crippen MR) is 67.7 cm³/mol. The van der Waals surface area contributed by atoms with Gasteiger partial charge in [-0.3, -0.25) is 14.4 Å². The van der Waals surface area contributed by atoms with Crippen LogP contribution in [-0.2, 0) is 9.59 Å². The fraction of sp³-hybridized carbons (Fsp3) is 0.308. The highest BCUT2D eigenvalue weighted by Crippen LogP contribution is 2.39. The Bertz CT molecular complexity index is 524. The van der Waals surface area contributed by atoms with E-state index in [9.17, 15) is 14.4 Å². The molecule has 1 fully saturated rings. The Morgan fingerprint density at radius 3 is 2.26 bits per heavy atom. The molecular formula is C13H14N2O4. The Labute approximate surface area is 109 Å². The number of rotatable bonds is 4. The quantitative estimate of drug-likeness (QED) is 0.744. The van der Waals surface area contributed by atoms with Gasteiger partial charge in [-0.1, -0.05) is 0 Å². The first-order chi connectivity index (χ1) is 9.02. The van der Waals surface area contributed by atoms with E-state index in [2.05, 4.69) is 10.6 Å². The van der Waals surface area contributed by atoms with Gasteiger partial charge in [0.15, 0.2) is 0 Å². The molecule has 0 heterocycles. The zero-order chi connectivity index (χ0) is 14.0. The van der Waals surface area contributed by atoms with Crippen LogP contribution in [0.15, 0.2) is 24.3 Å². The van der Waals surface area contributed by atoms with Crippen LogP contribution in [0.3, 0.4) is 0 Å². The summed E-state index contributed by atoms with van der Waals surface area (Å²) in [7, 11) is 1.54. The molecule has 2 rings (SSSR count). The highest BCUT2D eigenvalue weighted by molar-refractivity contribution is 5.99. The lowest BCUT2D eigenvalue weighted by Gasteiger charge is -2.05. The molecule has 3 N–H and O–H groups in total. The summed E-state index contributed by atoms with van der Waals surface area (Å²) in [4.78, 5) is 33.7. The standard InChI is InChI=1S/C13H14N2O4/c1-14-11(16)7-2-4-8(5-3-7)15-12(17)9-6-10(9)13(18)19/h2-5,9-10H,6H2,1H3,(H,14,16)(H,15,17)(H,18,19). The predicted octanol–water partition coefficient (Wildman–Crippen LogP) is 0.705. The minimum absolute atomic E-state index is 0.203. The van der Waals surface area contributed by atoms with Crippen LogP contribution in [0.1, 0.15) is 16.8 Å². The normalized spacial score (nSPS) is 20.5. The Morgan fingerprint density at radius 2 is 1.79 bits per heavy atom. The molecule has 0 aliphatic heterocycles. The number of aliphatic carboxylic acids is 1. The molecule has 1 aromatic rings. The summed E-state index contributed by atoms with van der Waals surface area (Å²) in [5.41, 5.74) is 1.05. The number of carbonyl (C=O) groups excluding carboxylic acids is 2. The van der Waals surface area contributed by atoms with Crippen LogP contribution in [0, 0.1) is 11.8 Å². The van der Waals surface area contributed by atoms with E-state index in [1.807, 2.05) is 0 Å². The molecule has 0 saturated heterocycles. The number of carboxylic acid groups (broad SMARTS) is 1. The van der Waals surface area contributed by atoms with E-state index in [1.54, 1.807) is 24.3 Å². The van der Waals surface area contributed by atoms with Crippen molar-refractivity contribution in [1.29, 1.82) is 0 Å². The number of hydrogen-bond donors (Lipinski definition) is 3. The molecule has 100 valence electrons. The highest BCUT2D eigenvalue weighted by atomic mass is 16.4. The Balaban J connectivity index is 1.95. The molecule has 1 saturated carbocycles. The fourth-order valence-corrected chi connectivity index (χ4v) is 1.84. The van der Waals surface area contributed by atoms with Crippen LogP contribution in [0.25, 0.3) is 0 Å². The van der Waals surface area contributed by atoms with Crippen molar-refractivity contribution in [3.8, 4) is 0 Å². The van der Waals surface area contributed by atoms with Gasteiger partial charge in [0.25, 0.3) is 5.91 Å². The van der Waals surface area contributed by atoms with E-state index in [-0.39, 0.29) is 11.8 Å². The van der Waals surface area contributed by atoms with Crippen LogP contribution in [-0.4, -0.2) is 29.9 Å². The SMILES string of the molecule is CNC(=O)c1ccc(NC(=O)C2CC2C(=O)O)cc1. The molecule has 1 aliphatic carbocycles. The van der Waals surface area contributed by atoms with Crippen molar-refractivity contribution >= 4 is 23.5 Å². The van der Waals surface area contributed by atoms with Gasteiger partial charge in [0, 0.05) is 18.3 Å². The molecule has 0 bridgehead atoms. The first kappa shape index (κ1) is 13.1. The van der Waals surface area contributed by atoms with Crippen LogP contribution < -0.4 is 10.6 Å². The van der Waals surface area contributed by atoms with E-state index < -0.39 is 17.8 Å². The second-order valence-corrected chi connectivity index (χ2v) is 4.43. The maximum atomic E-state index is 11.7. The minimum atomic E-state index is -0.935. The maximum absolute atomic E-state index is 11.7. The fourth-order valence-electron chi connectivity index (χ4n) is 1.84. The van der Waals surface area contributed by atoms with E-state index in [0.29, 0.717) is 17.7 Å². The number of anilines is 1. The monoisotopic (exact) mass is 262 g/mol. The second kappa shape index (κ2) is 5.09. The molecular weight excluding hydrogens is 248 g/mol. The summed E-state index contributed by atoms with van der Waals surface area (Å²) >= 11 is 0. The largest absolute Gasteiger partial charge is 0.481 e. The lowest BCUT2D eigenvalue weighted by molar-refractivity contribution is -0.139. The summed E-state index contributed by atoms with van der Waals surface area (Å²) in [5.74, 6) is -2.44. The van der Waals surface area contributed by atoms with Crippen LogP contribution in [0.4, 0.5) is 5.69 Å². The molecule has 0 radical (unpaired) electrons. The maximum Gasteiger partial charge on any atom is 0.307 e. The van der Waals surface area contributed by atoms with Crippen molar-refractivity contribution in [2.45, 2.75) is 6.42 Å². The van der Waals surface area contributed by atoms with Crippen molar-refractivity contribution in [3.05, 3.63) is 29.8 Å². The number of carboxylic acids is 1. The molecule has 2 amide bonds. The van der Waals surface area contributed by atoms with Gasteiger partial charge in [-0.2, -0.15) is 0 Å². The molecule has 19 heavy (non-hydrogen) atoms. The third-order valence-electron chi connectivity index (χ3n) is 3.09. The van der Waals surface area contributed by atoms with Crippen molar-refractivity contribution < 1.29 is 19.5 Å². The Hall–Kier alpha value is -2.37. The van der Waals surface area contributed by atoms with E-state index >= 15 is 0 Å². The van der Waals surface area contributed by atoms with Gasteiger partial charge in [-0.15, -0.1) is 0 Å². The molecule has 0 aromatic heterocycles. The first-order valence-corrected chi connectivity index (χ1v) is 5.88. The average Bonchev–Trinajstić information content (AvgIpc) is 3.19. The van der Waals surface area contributed by atoms with Crippen molar-refractivity contribution in [3.63, 3.8) is 0 Å². The summed E-state index contributed by atoms with van der Waals surface area (Å²) in [6.45, 7) is 0. The number of amides is 2. The Morgan fingerprint density at radius 1 is 1.16 bits per heavy atom. The summed E-state index contributed by atoms with van der Waals surface area (Å²) in [6.07, 6.45) is 0.386. The summed E-state index contributed by atoms with van der Waals surface area (Å²) in [5, 5.41) is 13.9. The van der Waals surface area contributed by atoms with Crippen LogP contribution in [0.2, 0.25) is 0 Å². The molecule has 2 atom stereocenters. The zero-order valence-electron chi connectivity index (χ0n) is 10.3. The van der Waals surface area contributed by atoms with Gasteiger partial charge >= 0.3 is 5.97 Å². The second-order valence-electron chi connectivity index (χ2n) is 4.43. The number of nitrogens with one attached hydrogen (secondary N) is 2. The van der Waals surface area contributed by atoms with Gasteiger partial charge in [-0.05, 0) is 30.7 Å². The van der Waals surface area contributed by atoms with Gasteiger partial charge in [0.05, 0.1) is 11.8 Å². The van der Waals surface area contributed by atoms with Gasteiger partial charge in [0.1, 0.15) is 0 Å². The third-order valence-corrected chi connectivity index (χ3v) is 3.09. The average molecular weight is 262 g/mol. The van der Waals surface area contributed by atoms with E-state index in [0.717, 1.165) is 0 Å². The van der Waals surface area contributed by atoms with E-state index in [1.165, 1.54) is 7.05 Å². The lowest BCUT2D eigenvalue weighted by atomic mass is 10.2. The molecule has 1 aliphatic rings. The lowest BCUT2D eigenvalue weighted by Crippen LogP contribution is -2.18. The van der Waals surface area contributed by atoms with Gasteiger partial charge in [-0.25, -0.2) is 0 Å². The Kier molecular flexibility index (Phi) is 3.50. The molecule has 2 unspecified atom stereocenters.